The Labute approximate surface area is 133 Å². The molecule has 3 rings (SSSR count). The highest BCUT2D eigenvalue weighted by atomic mass is 32.1. The summed E-state index contributed by atoms with van der Waals surface area (Å²) in [5.74, 6) is 0.898. The topological polar surface area (TPSA) is 46.3 Å². The summed E-state index contributed by atoms with van der Waals surface area (Å²) in [4.78, 5) is 3.14. The summed E-state index contributed by atoms with van der Waals surface area (Å²) in [6, 6.07) is 10.2. The van der Waals surface area contributed by atoms with Gasteiger partial charge in [0.1, 0.15) is 5.01 Å². The van der Waals surface area contributed by atoms with Crippen LogP contribution in [0.2, 0.25) is 0 Å². The molecule has 0 saturated carbocycles. The third-order valence-electron chi connectivity index (χ3n) is 3.55. The van der Waals surface area contributed by atoms with Crippen molar-refractivity contribution in [1.82, 2.24) is 24.7 Å². The van der Waals surface area contributed by atoms with Crippen molar-refractivity contribution < 1.29 is 0 Å². The summed E-state index contributed by atoms with van der Waals surface area (Å²) >= 11 is 1.55. The predicted molar refractivity (Wildman–Crippen MR) is 90.7 cm³/mol. The molecule has 0 radical (unpaired) electrons. The van der Waals surface area contributed by atoms with Crippen LogP contribution in [0.15, 0.2) is 30.3 Å². The van der Waals surface area contributed by atoms with Crippen molar-refractivity contribution in [3.63, 3.8) is 0 Å². The van der Waals surface area contributed by atoms with E-state index in [4.69, 9.17) is 0 Å². The van der Waals surface area contributed by atoms with Crippen LogP contribution < -0.4 is 0 Å². The normalized spacial score (nSPS) is 12.0. The molecule has 1 aromatic carbocycles. The average Bonchev–Trinajstić information content (AvgIpc) is 3.12. The lowest BCUT2D eigenvalue weighted by Gasteiger charge is -2.15. The molecule has 6 heteroatoms. The number of fused-ring (bicyclic) bond motifs is 1. The minimum atomic E-state index is 0.778. The van der Waals surface area contributed by atoms with Crippen LogP contribution in [0.4, 0.5) is 0 Å². The third-order valence-corrected chi connectivity index (χ3v) is 4.41. The van der Waals surface area contributed by atoms with Gasteiger partial charge in [-0.2, -0.15) is 9.61 Å². The third kappa shape index (κ3) is 3.23. The molecule has 0 aliphatic rings. The summed E-state index contributed by atoms with van der Waals surface area (Å²) in [5.41, 5.74) is 1.16. The van der Waals surface area contributed by atoms with Crippen molar-refractivity contribution in [2.24, 2.45) is 0 Å². The van der Waals surface area contributed by atoms with Crippen LogP contribution in [-0.2, 0) is 6.54 Å². The Hall–Kier alpha value is -2.05. The fourth-order valence-corrected chi connectivity index (χ4v) is 2.98. The quantitative estimate of drug-likeness (QED) is 0.701. The molecule has 0 spiro atoms. The first kappa shape index (κ1) is 14.9. The second kappa shape index (κ2) is 6.81. The van der Waals surface area contributed by atoms with Crippen molar-refractivity contribution in [3.8, 4) is 0 Å². The van der Waals surface area contributed by atoms with Crippen molar-refractivity contribution >= 4 is 28.4 Å². The van der Waals surface area contributed by atoms with Crippen molar-refractivity contribution in [2.45, 2.75) is 20.4 Å². The van der Waals surface area contributed by atoms with Gasteiger partial charge in [-0.25, -0.2) is 0 Å². The summed E-state index contributed by atoms with van der Waals surface area (Å²) in [7, 11) is 0. The molecular formula is C16H19N5S. The van der Waals surface area contributed by atoms with Gasteiger partial charge >= 0.3 is 0 Å². The highest BCUT2D eigenvalue weighted by Crippen LogP contribution is 2.17. The van der Waals surface area contributed by atoms with Crippen LogP contribution in [0, 0.1) is 0 Å². The van der Waals surface area contributed by atoms with E-state index in [2.05, 4.69) is 52.3 Å². The number of hydrogen-bond donors (Lipinski definition) is 0. The van der Waals surface area contributed by atoms with Crippen LogP contribution >= 0.6 is 11.3 Å². The maximum atomic E-state index is 4.61. The molecule has 0 unspecified atom stereocenters. The van der Waals surface area contributed by atoms with Crippen LogP contribution in [-0.4, -0.2) is 37.8 Å². The van der Waals surface area contributed by atoms with E-state index in [1.54, 1.807) is 11.3 Å². The molecule has 22 heavy (non-hydrogen) atoms. The molecule has 0 fully saturated rings. The molecule has 0 aliphatic heterocycles. The van der Waals surface area contributed by atoms with E-state index in [9.17, 15) is 0 Å². The lowest BCUT2D eigenvalue weighted by Crippen LogP contribution is -2.23. The molecule has 2 aromatic heterocycles. The smallest absolute Gasteiger partial charge is 0.235 e. The Morgan fingerprint density at radius 2 is 1.86 bits per heavy atom. The highest BCUT2D eigenvalue weighted by Gasteiger charge is 2.12. The van der Waals surface area contributed by atoms with Crippen LogP contribution in [0.3, 0.4) is 0 Å². The minimum Gasteiger partial charge on any atom is -0.296 e. The van der Waals surface area contributed by atoms with Crippen LogP contribution in [0.25, 0.3) is 17.1 Å². The molecule has 0 bridgehead atoms. The Bertz CT molecular complexity index is 755. The highest BCUT2D eigenvalue weighted by molar-refractivity contribution is 7.17. The molecule has 0 aliphatic carbocycles. The fraction of sp³-hybridized carbons (Fsp3) is 0.312. The largest absolute Gasteiger partial charge is 0.296 e. The van der Waals surface area contributed by atoms with Gasteiger partial charge in [-0.15, -0.1) is 10.2 Å². The van der Waals surface area contributed by atoms with E-state index in [0.717, 1.165) is 41.0 Å². The van der Waals surface area contributed by atoms with Gasteiger partial charge in [0.05, 0.1) is 6.54 Å². The SMILES string of the molecule is CCN(CC)Cc1nnc2sc(/C=C\c3ccccc3)nn12. The molecule has 2 heterocycles. The van der Waals surface area contributed by atoms with Crippen LogP contribution in [0.5, 0.6) is 0 Å². The van der Waals surface area contributed by atoms with E-state index < -0.39 is 0 Å². The summed E-state index contributed by atoms with van der Waals surface area (Å²) in [6.07, 6.45) is 4.09. The molecule has 0 N–H and O–H groups in total. The Morgan fingerprint density at radius 1 is 1.09 bits per heavy atom. The van der Waals surface area contributed by atoms with Crippen molar-refractivity contribution in [2.75, 3.05) is 13.1 Å². The molecule has 114 valence electrons. The lowest BCUT2D eigenvalue weighted by molar-refractivity contribution is 0.286. The maximum Gasteiger partial charge on any atom is 0.235 e. The van der Waals surface area contributed by atoms with E-state index in [0.29, 0.717) is 0 Å². The summed E-state index contributed by atoms with van der Waals surface area (Å²) in [6.45, 7) is 7.07. The molecule has 0 amide bonds. The first-order valence-corrected chi connectivity index (χ1v) is 8.28. The monoisotopic (exact) mass is 313 g/mol. The minimum absolute atomic E-state index is 0.778. The zero-order valence-corrected chi connectivity index (χ0v) is 13.6. The Kier molecular flexibility index (Phi) is 4.60. The summed E-state index contributed by atoms with van der Waals surface area (Å²) in [5, 5.41) is 14.0. The van der Waals surface area contributed by atoms with E-state index in [-0.39, 0.29) is 0 Å². The first-order valence-electron chi connectivity index (χ1n) is 7.46. The molecule has 3 aromatic rings. The standard InChI is InChI=1S/C16H19N5S/c1-3-20(4-2)12-14-17-18-16-21(14)19-15(22-16)11-10-13-8-6-5-7-9-13/h5-11H,3-4,12H2,1-2H3/b11-10-. The number of nitrogens with zero attached hydrogens (tertiary/aromatic N) is 5. The van der Waals surface area contributed by atoms with Gasteiger partial charge in [0.25, 0.3) is 0 Å². The number of benzene rings is 1. The summed E-state index contributed by atoms with van der Waals surface area (Å²) < 4.78 is 1.85. The van der Waals surface area contributed by atoms with Gasteiger partial charge in [0, 0.05) is 0 Å². The van der Waals surface area contributed by atoms with E-state index >= 15 is 0 Å². The van der Waals surface area contributed by atoms with Gasteiger partial charge in [0.15, 0.2) is 5.82 Å². The van der Waals surface area contributed by atoms with Crippen LogP contribution in [0.1, 0.15) is 30.2 Å². The molecule has 0 atom stereocenters. The second-order valence-corrected chi connectivity index (χ2v) is 5.94. The van der Waals surface area contributed by atoms with E-state index in [1.165, 1.54) is 0 Å². The van der Waals surface area contributed by atoms with Crippen molar-refractivity contribution in [1.29, 1.82) is 0 Å². The van der Waals surface area contributed by atoms with E-state index in [1.807, 2.05) is 28.8 Å². The second-order valence-electron chi connectivity index (χ2n) is 4.96. The molecule has 0 saturated heterocycles. The number of hydrogen-bond acceptors (Lipinski definition) is 5. The Morgan fingerprint density at radius 3 is 2.59 bits per heavy atom. The number of aromatic nitrogens is 4. The van der Waals surface area contributed by atoms with Crippen molar-refractivity contribution in [3.05, 3.63) is 46.7 Å². The first-order chi connectivity index (χ1) is 10.8. The predicted octanol–water partition coefficient (Wildman–Crippen LogP) is 3.20. The molecular weight excluding hydrogens is 294 g/mol. The average molecular weight is 313 g/mol. The fourth-order valence-electron chi connectivity index (χ4n) is 2.22. The molecule has 5 nitrogen and oxygen atoms in total. The lowest BCUT2D eigenvalue weighted by atomic mass is 10.2. The van der Waals surface area contributed by atoms with Gasteiger partial charge in [-0.1, -0.05) is 61.6 Å². The van der Waals surface area contributed by atoms with Gasteiger partial charge in [-0.05, 0) is 24.7 Å². The van der Waals surface area contributed by atoms with Gasteiger partial charge in [-0.3, -0.25) is 4.90 Å². The zero-order valence-electron chi connectivity index (χ0n) is 12.8. The Balaban J connectivity index is 1.81. The zero-order chi connectivity index (χ0) is 15.4. The number of rotatable bonds is 6. The van der Waals surface area contributed by atoms with Gasteiger partial charge in [0.2, 0.25) is 4.96 Å². The maximum absolute atomic E-state index is 4.61. The van der Waals surface area contributed by atoms with Gasteiger partial charge < -0.3 is 0 Å².